The Morgan fingerprint density at radius 1 is 0.370 bits per heavy atom. The van der Waals surface area contributed by atoms with Crippen molar-refractivity contribution in [3.05, 3.63) is 120 Å². The molecule has 0 aromatic heterocycles. The smallest absolute Gasteiger partial charge is 0.00135 e. The molecule has 0 spiro atoms. The van der Waals surface area contributed by atoms with Crippen molar-refractivity contribution in [1.29, 1.82) is 0 Å². The molecule has 0 radical (unpaired) electrons. The second kappa shape index (κ2) is 6.74. The fourth-order valence-electron chi connectivity index (χ4n) is 3.96. The van der Waals surface area contributed by atoms with Crippen LogP contribution in [0.3, 0.4) is 0 Å². The first-order chi connectivity index (χ1) is 13.4. The summed E-state index contributed by atoms with van der Waals surface area (Å²) in [5.41, 5.74) is 5.75. The lowest BCUT2D eigenvalue weighted by Gasteiger charge is -2.00. The normalized spacial score (nSPS) is 11.6. The van der Waals surface area contributed by atoms with Crippen LogP contribution in [0.4, 0.5) is 0 Å². The molecule has 0 nitrogen and oxygen atoms in total. The fourth-order valence-corrected chi connectivity index (χ4v) is 3.96. The van der Waals surface area contributed by atoms with E-state index in [1.807, 2.05) is 0 Å². The largest absolute Gasteiger partial charge is 0.0619 e. The molecule has 1 aliphatic rings. The minimum absolute atomic E-state index is 1.10. The molecule has 0 aliphatic heterocycles. The summed E-state index contributed by atoms with van der Waals surface area (Å²) >= 11 is 0. The molecule has 27 heavy (non-hydrogen) atoms. The lowest BCUT2D eigenvalue weighted by atomic mass is 10.0. The highest BCUT2D eigenvalue weighted by Gasteiger charge is 2.15. The second-order valence-electron chi connectivity index (χ2n) is 7.04. The van der Waals surface area contributed by atoms with Gasteiger partial charge in [0, 0.05) is 0 Å². The molecule has 0 amide bonds. The van der Waals surface area contributed by atoms with Gasteiger partial charge in [-0.1, -0.05) is 97.1 Å². The van der Waals surface area contributed by atoms with Crippen molar-refractivity contribution in [2.24, 2.45) is 0 Å². The van der Waals surface area contributed by atoms with Crippen molar-refractivity contribution in [3.8, 4) is 11.1 Å². The molecule has 5 aromatic rings. The predicted molar refractivity (Wildman–Crippen MR) is 116 cm³/mol. The van der Waals surface area contributed by atoms with Crippen LogP contribution >= 0.6 is 0 Å². The molecule has 0 bridgehead atoms. The minimum atomic E-state index is 1.10. The molecule has 0 saturated heterocycles. The standard InChI is InChI=1S/C14H10.C13H10/c1-2-6-12-10-14-8-4-3-7-13(14)9-11(12)5-1;1-3-7-12-10(5-1)9-11-6-2-4-8-13(11)12/h1-10H;1-8H,9H2. The van der Waals surface area contributed by atoms with E-state index < -0.39 is 0 Å². The first kappa shape index (κ1) is 15.8. The van der Waals surface area contributed by atoms with Crippen LogP contribution in [0.2, 0.25) is 0 Å². The van der Waals surface area contributed by atoms with Gasteiger partial charge in [0.1, 0.15) is 0 Å². The van der Waals surface area contributed by atoms with Crippen molar-refractivity contribution in [2.75, 3.05) is 0 Å². The van der Waals surface area contributed by atoms with Gasteiger partial charge in [-0.15, -0.1) is 0 Å². The molecule has 5 aromatic carbocycles. The number of hydrogen-bond acceptors (Lipinski definition) is 0. The monoisotopic (exact) mass is 344 g/mol. The lowest BCUT2D eigenvalue weighted by Crippen LogP contribution is -1.77. The van der Waals surface area contributed by atoms with Crippen LogP contribution < -0.4 is 0 Å². The molecular formula is C27H20. The van der Waals surface area contributed by atoms with Gasteiger partial charge in [-0.05, 0) is 62.4 Å². The van der Waals surface area contributed by atoms with E-state index >= 15 is 0 Å². The lowest BCUT2D eigenvalue weighted by molar-refractivity contribution is 1.26. The minimum Gasteiger partial charge on any atom is -0.0619 e. The van der Waals surface area contributed by atoms with E-state index in [1.54, 1.807) is 0 Å². The van der Waals surface area contributed by atoms with E-state index in [0.717, 1.165) is 6.42 Å². The van der Waals surface area contributed by atoms with Crippen molar-refractivity contribution < 1.29 is 0 Å². The van der Waals surface area contributed by atoms with Gasteiger partial charge in [0.25, 0.3) is 0 Å². The zero-order valence-electron chi connectivity index (χ0n) is 15.1. The summed E-state index contributed by atoms with van der Waals surface area (Å²) in [6, 6.07) is 38.7. The third-order valence-electron chi connectivity index (χ3n) is 5.32. The Morgan fingerprint density at radius 3 is 1.11 bits per heavy atom. The van der Waals surface area contributed by atoms with E-state index in [-0.39, 0.29) is 0 Å². The molecule has 128 valence electrons. The van der Waals surface area contributed by atoms with Crippen molar-refractivity contribution >= 4 is 21.5 Å². The van der Waals surface area contributed by atoms with Gasteiger partial charge < -0.3 is 0 Å². The first-order valence-corrected chi connectivity index (χ1v) is 9.42. The highest BCUT2D eigenvalue weighted by Crippen LogP contribution is 2.35. The molecule has 0 N–H and O–H groups in total. The van der Waals surface area contributed by atoms with E-state index in [0.29, 0.717) is 0 Å². The van der Waals surface area contributed by atoms with Gasteiger partial charge in [0.05, 0.1) is 0 Å². The van der Waals surface area contributed by atoms with Gasteiger partial charge in [0.15, 0.2) is 0 Å². The van der Waals surface area contributed by atoms with E-state index in [4.69, 9.17) is 0 Å². The van der Waals surface area contributed by atoms with Crippen molar-refractivity contribution in [3.63, 3.8) is 0 Å². The van der Waals surface area contributed by atoms with E-state index in [9.17, 15) is 0 Å². The number of benzene rings is 5. The Morgan fingerprint density at radius 2 is 0.704 bits per heavy atom. The molecule has 6 rings (SSSR count). The zero-order valence-corrected chi connectivity index (χ0v) is 15.1. The molecule has 0 unspecified atom stereocenters. The van der Waals surface area contributed by atoms with Gasteiger partial charge >= 0.3 is 0 Å². The maximum atomic E-state index is 2.24. The van der Waals surface area contributed by atoms with Crippen LogP contribution in [0.5, 0.6) is 0 Å². The molecular weight excluding hydrogens is 324 g/mol. The molecule has 0 heterocycles. The molecule has 1 aliphatic carbocycles. The van der Waals surface area contributed by atoms with Gasteiger partial charge in [0.2, 0.25) is 0 Å². The van der Waals surface area contributed by atoms with Gasteiger partial charge in [-0.2, -0.15) is 0 Å². The van der Waals surface area contributed by atoms with E-state index in [1.165, 1.54) is 43.8 Å². The fraction of sp³-hybridized carbons (Fsp3) is 0.0370. The van der Waals surface area contributed by atoms with Crippen LogP contribution in [0.25, 0.3) is 32.7 Å². The van der Waals surface area contributed by atoms with Gasteiger partial charge in [-0.25, -0.2) is 0 Å². The van der Waals surface area contributed by atoms with Crippen molar-refractivity contribution in [1.82, 2.24) is 0 Å². The highest BCUT2D eigenvalue weighted by molar-refractivity contribution is 5.98. The Bertz CT molecular complexity index is 1100. The molecule has 0 atom stereocenters. The summed E-state index contributed by atoms with van der Waals surface area (Å²) in [6.07, 6.45) is 1.10. The first-order valence-electron chi connectivity index (χ1n) is 9.42. The van der Waals surface area contributed by atoms with Crippen LogP contribution in [0, 0.1) is 0 Å². The average Bonchev–Trinajstić information content (AvgIpc) is 3.11. The summed E-state index contributed by atoms with van der Waals surface area (Å²) in [5.74, 6) is 0. The summed E-state index contributed by atoms with van der Waals surface area (Å²) in [4.78, 5) is 0. The Labute approximate surface area is 159 Å². The number of hydrogen-bond donors (Lipinski definition) is 0. The Hall–Kier alpha value is -3.38. The maximum absolute atomic E-state index is 2.24. The Balaban J connectivity index is 0.000000119. The number of rotatable bonds is 0. The molecule has 0 saturated carbocycles. The summed E-state index contributed by atoms with van der Waals surface area (Å²) in [6.45, 7) is 0. The van der Waals surface area contributed by atoms with Crippen LogP contribution in [-0.4, -0.2) is 0 Å². The van der Waals surface area contributed by atoms with Crippen molar-refractivity contribution in [2.45, 2.75) is 6.42 Å². The average molecular weight is 344 g/mol. The SMILES string of the molecule is c1ccc2c(c1)Cc1ccccc1-2.c1ccc2cc3ccccc3cc2c1. The van der Waals surface area contributed by atoms with Crippen LogP contribution in [0.1, 0.15) is 11.1 Å². The molecule has 0 heteroatoms. The second-order valence-corrected chi connectivity index (χ2v) is 7.04. The maximum Gasteiger partial charge on any atom is -0.00135 e. The summed E-state index contributed by atoms with van der Waals surface area (Å²) < 4.78 is 0. The summed E-state index contributed by atoms with van der Waals surface area (Å²) in [5, 5.41) is 5.25. The molecule has 0 fully saturated rings. The van der Waals surface area contributed by atoms with Gasteiger partial charge in [-0.3, -0.25) is 0 Å². The summed E-state index contributed by atoms with van der Waals surface area (Å²) in [7, 11) is 0. The zero-order chi connectivity index (χ0) is 18.1. The van der Waals surface area contributed by atoms with Crippen LogP contribution in [-0.2, 0) is 6.42 Å². The van der Waals surface area contributed by atoms with E-state index in [2.05, 4.69) is 109 Å². The quantitative estimate of drug-likeness (QED) is 0.255. The third kappa shape index (κ3) is 3.00. The topological polar surface area (TPSA) is 0 Å². The highest BCUT2D eigenvalue weighted by atomic mass is 14.2. The predicted octanol–water partition coefficient (Wildman–Crippen LogP) is 7.25. The Kier molecular flexibility index (Phi) is 3.95. The van der Waals surface area contributed by atoms with Crippen LogP contribution in [0.15, 0.2) is 109 Å². The third-order valence-corrected chi connectivity index (χ3v) is 5.32. The number of fused-ring (bicyclic) bond motifs is 5.